The van der Waals surface area contributed by atoms with Crippen LogP contribution in [0, 0.1) is 5.92 Å². The van der Waals surface area contributed by atoms with Crippen molar-refractivity contribution in [3.05, 3.63) is 96.1 Å². The van der Waals surface area contributed by atoms with E-state index in [9.17, 15) is 8.42 Å². The minimum atomic E-state index is -3.48. The zero-order chi connectivity index (χ0) is 24.5. The van der Waals surface area contributed by atoms with Crippen molar-refractivity contribution in [1.29, 1.82) is 0 Å². The lowest BCUT2D eigenvalue weighted by molar-refractivity contribution is 0.0183. The number of hydrogen-bond donors (Lipinski definition) is 0. The SMILES string of the molecule is C[C@H]1CN2CCN(S(=O)(=O)c3ccccc3)C[C@H]2C[C@@]1(C)c1cccc(OCc2ccccc2)c1. The molecule has 5 nitrogen and oxygen atoms in total. The number of piperazine rings is 1. The highest BCUT2D eigenvalue weighted by atomic mass is 32.2. The van der Waals surface area contributed by atoms with E-state index in [1.165, 1.54) is 5.56 Å². The van der Waals surface area contributed by atoms with Crippen LogP contribution in [0.3, 0.4) is 0 Å². The molecule has 0 saturated carbocycles. The van der Waals surface area contributed by atoms with Gasteiger partial charge in [0.1, 0.15) is 12.4 Å². The number of rotatable bonds is 6. The van der Waals surface area contributed by atoms with Crippen LogP contribution < -0.4 is 4.74 Å². The maximum Gasteiger partial charge on any atom is 0.243 e. The fourth-order valence-electron chi connectivity index (χ4n) is 5.59. The van der Waals surface area contributed by atoms with E-state index >= 15 is 0 Å². The summed E-state index contributed by atoms with van der Waals surface area (Å²) in [5, 5.41) is 0. The Hall–Kier alpha value is -2.67. The van der Waals surface area contributed by atoms with E-state index in [2.05, 4.69) is 49.1 Å². The van der Waals surface area contributed by atoms with Crippen molar-refractivity contribution in [2.75, 3.05) is 26.2 Å². The smallest absolute Gasteiger partial charge is 0.243 e. The second-order valence-corrected chi connectivity index (χ2v) is 12.1. The van der Waals surface area contributed by atoms with E-state index in [-0.39, 0.29) is 11.5 Å². The molecule has 0 amide bonds. The fourth-order valence-corrected chi connectivity index (χ4v) is 7.08. The third-order valence-corrected chi connectivity index (χ3v) is 9.83. The fraction of sp³-hybridized carbons (Fsp3) is 0.379. The Labute approximate surface area is 209 Å². The monoisotopic (exact) mass is 490 g/mol. The van der Waals surface area contributed by atoms with Crippen molar-refractivity contribution in [2.24, 2.45) is 5.92 Å². The number of hydrogen-bond acceptors (Lipinski definition) is 4. The minimum absolute atomic E-state index is 0.0627. The van der Waals surface area contributed by atoms with Gasteiger partial charge in [0.15, 0.2) is 0 Å². The largest absolute Gasteiger partial charge is 0.489 e. The second kappa shape index (κ2) is 9.76. The van der Waals surface area contributed by atoms with Gasteiger partial charge in [0, 0.05) is 32.2 Å². The Bertz CT molecular complexity index is 1250. The molecule has 5 rings (SSSR count). The second-order valence-electron chi connectivity index (χ2n) is 10.1. The van der Waals surface area contributed by atoms with E-state index in [4.69, 9.17) is 4.74 Å². The van der Waals surface area contributed by atoms with Crippen molar-refractivity contribution < 1.29 is 13.2 Å². The van der Waals surface area contributed by atoms with E-state index in [1.54, 1.807) is 28.6 Å². The van der Waals surface area contributed by atoms with Crippen LogP contribution in [0.4, 0.5) is 0 Å². The Kier molecular flexibility index (Phi) is 6.71. The molecule has 184 valence electrons. The zero-order valence-electron chi connectivity index (χ0n) is 20.5. The average Bonchev–Trinajstić information content (AvgIpc) is 2.89. The highest BCUT2D eigenvalue weighted by Gasteiger charge is 2.46. The normalized spacial score (nSPS) is 25.7. The first kappa shape index (κ1) is 24.0. The van der Waals surface area contributed by atoms with Crippen LogP contribution in [0.25, 0.3) is 0 Å². The van der Waals surface area contributed by atoms with Crippen LogP contribution in [0.1, 0.15) is 31.4 Å². The van der Waals surface area contributed by atoms with Crippen molar-refractivity contribution in [3.8, 4) is 5.75 Å². The van der Waals surface area contributed by atoms with Crippen molar-refractivity contribution in [1.82, 2.24) is 9.21 Å². The molecule has 2 aliphatic rings. The topological polar surface area (TPSA) is 49.9 Å². The van der Waals surface area contributed by atoms with E-state index < -0.39 is 10.0 Å². The molecule has 3 atom stereocenters. The van der Waals surface area contributed by atoms with Crippen LogP contribution in [0.15, 0.2) is 89.8 Å². The molecule has 0 spiro atoms. The molecule has 2 aliphatic heterocycles. The van der Waals surface area contributed by atoms with Gasteiger partial charge in [0.05, 0.1) is 4.90 Å². The van der Waals surface area contributed by atoms with E-state index in [0.29, 0.717) is 30.5 Å². The van der Waals surface area contributed by atoms with E-state index in [1.807, 2.05) is 30.3 Å². The number of ether oxygens (including phenoxy) is 1. The number of piperidine rings is 1. The van der Waals surface area contributed by atoms with Gasteiger partial charge in [0.25, 0.3) is 0 Å². The first-order valence-electron chi connectivity index (χ1n) is 12.4. The Morgan fingerprint density at radius 1 is 0.914 bits per heavy atom. The van der Waals surface area contributed by atoms with Gasteiger partial charge in [-0.3, -0.25) is 4.90 Å². The van der Waals surface area contributed by atoms with Gasteiger partial charge in [-0.15, -0.1) is 0 Å². The molecular weight excluding hydrogens is 456 g/mol. The molecule has 2 fully saturated rings. The molecule has 0 aliphatic carbocycles. The molecule has 6 heteroatoms. The molecule has 0 radical (unpaired) electrons. The molecule has 2 saturated heterocycles. The number of fused-ring (bicyclic) bond motifs is 1. The summed E-state index contributed by atoms with van der Waals surface area (Å²) in [6, 6.07) is 27.7. The molecule has 3 aromatic carbocycles. The Morgan fingerprint density at radius 3 is 2.37 bits per heavy atom. The highest BCUT2D eigenvalue weighted by Crippen LogP contribution is 2.44. The summed E-state index contributed by atoms with van der Waals surface area (Å²) in [5.74, 6) is 1.32. The van der Waals surface area contributed by atoms with Gasteiger partial charge in [-0.05, 0) is 53.1 Å². The summed E-state index contributed by atoms with van der Waals surface area (Å²) in [4.78, 5) is 2.86. The maximum atomic E-state index is 13.3. The molecule has 0 aromatic heterocycles. The zero-order valence-corrected chi connectivity index (χ0v) is 21.3. The van der Waals surface area contributed by atoms with Crippen LogP contribution in [-0.4, -0.2) is 49.8 Å². The van der Waals surface area contributed by atoms with Crippen LogP contribution in [0.2, 0.25) is 0 Å². The van der Waals surface area contributed by atoms with Gasteiger partial charge in [-0.2, -0.15) is 4.31 Å². The van der Waals surface area contributed by atoms with Crippen molar-refractivity contribution in [3.63, 3.8) is 0 Å². The summed E-state index contributed by atoms with van der Waals surface area (Å²) in [7, 11) is -3.48. The van der Waals surface area contributed by atoms with Crippen LogP contribution >= 0.6 is 0 Å². The number of sulfonamides is 1. The van der Waals surface area contributed by atoms with E-state index in [0.717, 1.165) is 30.8 Å². The first-order chi connectivity index (χ1) is 16.9. The third-order valence-electron chi connectivity index (χ3n) is 7.95. The molecule has 0 N–H and O–H groups in total. The standard InChI is InChI=1S/C29H34N2O3S/c1-23-20-30-16-17-31(35(32,33)28-14-7-4-8-15-28)21-26(30)19-29(23,2)25-12-9-13-27(18-25)34-22-24-10-5-3-6-11-24/h3-15,18,23,26H,16-17,19-22H2,1-2H3/t23-,26+,29+/m0/s1. The molecule has 0 bridgehead atoms. The predicted octanol–water partition coefficient (Wildman–Crippen LogP) is 4.94. The van der Waals surface area contributed by atoms with Gasteiger partial charge in [-0.1, -0.05) is 74.5 Å². The lowest BCUT2D eigenvalue weighted by Crippen LogP contribution is -2.61. The number of nitrogens with zero attached hydrogens (tertiary/aromatic N) is 2. The van der Waals surface area contributed by atoms with Crippen LogP contribution in [-0.2, 0) is 22.0 Å². The molecule has 3 aromatic rings. The van der Waals surface area contributed by atoms with Gasteiger partial charge < -0.3 is 4.74 Å². The molecule has 0 unspecified atom stereocenters. The Morgan fingerprint density at radius 2 is 1.63 bits per heavy atom. The number of benzene rings is 3. The van der Waals surface area contributed by atoms with Crippen molar-refractivity contribution >= 4 is 10.0 Å². The van der Waals surface area contributed by atoms with Crippen molar-refractivity contribution in [2.45, 2.75) is 43.2 Å². The summed E-state index contributed by atoms with van der Waals surface area (Å²) in [6.07, 6.45) is 0.914. The van der Waals surface area contributed by atoms with Crippen LogP contribution in [0.5, 0.6) is 5.75 Å². The first-order valence-corrected chi connectivity index (χ1v) is 13.9. The Balaban J connectivity index is 1.34. The summed E-state index contributed by atoms with van der Waals surface area (Å²) >= 11 is 0. The lowest BCUT2D eigenvalue weighted by atomic mass is 9.65. The molecular formula is C29H34N2O3S. The third kappa shape index (κ3) is 4.88. The van der Waals surface area contributed by atoms with Gasteiger partial charge in [-0.25, -0.2) is 8.42 Å². The molecule has 35 heavy (non-hydrogen) atoms. The highest BCUT2D eigenvalue weighted by molar-refractivity contribution is 7.89. The average molecular weight is 491 g/mol. The lowest BCUT2D eigenvalue weighted by Gasteiger charge is -2.52. The molecule has 2 heterocycles. The maximum absolute atomic E-state index is 13.3. The quantitative estimate of drug-likeness (QED) is 0.491. The summed E-state index contributed by atoms with van der Waals surface area (Å²) < 4.78 is 34.4. The minimum Gasteiger partial charge on any atom is -0.489 e. The van der Waals surface area contributed by atoms with Gasteiger partial charge in [0.2, 0.25) is 10.0 Å². The predicted molar refractivity (Wildman–Crippen MR) is 139 cm³/mol. The summed E-state index contributed by atoms with van der Waals surface area (Å²) in [6.45, 7) is 8.01. The summed E-state index contributed by atoms with van der Waals surface area (Å²) in [5.41, 5.74) is 2.35. The van der Waals surface area contributed by atoms with Gasteiger partial charge >= 0.3 is 0 Å².